The van der Waals surface area contributed by atoms with Gasteiger partial charge >= 0.3 is 6.09 Å². The molecule has 0 bridgehead atoms. The molecule has 8 heteroatoms. The molecule has 0 aliphatic heterocycles. The second kappa shape index (κ2) is 6.10. The third-order valence-electron chi connectivity index (χ3n) is 3.21. The van der Waals surface area contributed by atoms with Crippen LogP contribution in [-0.2, 0) is 0 Å². The molecule has 3 aromatic rings. The molecule has 0 fully saturated rings. The average Bonchev–Trinajstić information content (AvgIpc) is 2.96. The van der Waals surface area contributed by atoms with Crippen molar-refractivity contribution in [3.8, 4) is 6.07 Å². The molecule has 3 rings (SSSR count). The van der Waals surface area contributed by atoms with E-state index in [2.05, 4.69) is 15.8 Å². The minimum Gasteiger partial charge on any atom is -0.465 e. The van der Waals surface area contributed by atoms with Gasteiger partial charge in [-0.15, -0.1) is 0 Å². The second-order valence-electron chi connectivity index (χ2n) is 4.82. The third-order valence-corrected chi connectivity index (χ3v) is 3.21. The van der Waals surface area contributed by atoms with Gasteiger partial charge in [-0.1, -0.05) is 11.2 Å². The molecule has 2 aromatic carbocycles. The summed E-state index contributed by atoms with van der Waals surface area (Å²) >= 11 is 0. The molecule has 0 spiro atoms. The number of nitrogens with one attached hydrogen (secondary N) is 2. The normalized spacial score (nSPS) is 10.1. The Morgan fingerprint density at radius 2 is 2.00 bits per heavy atom. The van der Waals surface area contributed by atoms with Crippen LogP contribution in [0.2, 0.25) is 0 Å². The fourth-order valence-electron chi connectivity index (χ4n) is 2.14. The van der Waals surface area contributed by atoms with E-state index in [-0.39, 0.29) is 5.82 Å². The Morgan fingerprint density at radius 1 is 1.17 bits per heavy atom. The van der Waals surface area contributed by atoms with E-state index in [1.807, 2.05) is 6.07 Å². The zero-order chi connectivity index (χ0) is 17.1. The number of benzene rings is 2. The maximum atomic E-state index is 12.3. The largest absolute Gasteiger partial charge is 0.465 e. The molecule has 0 aliphatic rings. The standard InChI is InChI=1S/C16H10N4O4/c17-8-9-2-1-3-10(6-9)15(21)19-14-12-7-11(18-16(22)23)4-5-13(12)24-20-14/h1-7,18H,(H,22,23)(H,19,20,21). The lowest BCUT2D eigenvalue weighted by Crippen LogP contribution is -2.12. The van der Waals surface area contributed by atoms with Crippen molar-refractivity contribution < 1.29 is 19.2 Å². The number of nitriles is 1. The van der Waals surface area contributed by atoms with Gasteiger partial charge in [-0.2, -0.15) is 5.26 Å². The minimum atomic E-state index is -1.20. The number of aromatic nitrogens is 1. The van der Waals surface area contributed by atoms with Crippen molar-refractivity contribution in [2.24, 2.45) is 0 Å². The van der Waals surface area contributed by atoms with E-state index in [0.717, 1.165) is 0 Å². The predicted molar refractivity (Wildman–Crippen MR) is 84.8 cm³/mol. The number of hydrogen-bond donors (Lipinski definition) is 3. The van der Waals surface area contributed by atoms with Gasteiger partial charge in [0.1, 0.15) is 0 Å². The Hall–Kier alpha value is -3.86. The van der Waals surface area contributed by atoms with E-state index in [1.165, 1.54) is 18.2 Å². The molecule has 24 heavy (non-hydrogen) atoms. The van der Waals surface area contributed by atoms with Crippen LogP contribution in [0, 0.1) is 11.3 Å². The number of fused-ring (bicyclic) bond motifs is 1. The highest BCUT2D eigenvalue weighted by atomic mass is 16.5. The quantitative estimate of drug-likeness (QED) is 0.680. The van der Waals surface area contributed by atoms with Crippen LogP contribution < -0.4 is 10.6 Å². The van der Waals surface area contributed by atoms with Crippen molar-refractivity contribution in [3.63, 3.8) is 0 Å². The predicted octanol–water partition coefficient (Wildman–Crippen LogP) is 3.04. The maximum Gasteiger partial charge on any atom is 0.409 e. The number of carbonyl (C=O) groups excluding carboxylic acids is 1. The molecular weight excluding hydrogens is 312 g/mol. The van der Waals surface area contributed by atoms with Gasteiger partial charge in [0.15, 0.2) is 11.4 Å². The summed E-state index contributed by atoms with van der Waals surface area (Å²) in [6, 6.07) is 12.7. The zero-order valence-electron chi connectivity index (χ0n) is 12.1. The third kappa shape index (κ3) is 3.00. The summed E-state index contributed by atoms with van der Waals surface area (Å²) in [6.45, 7) is 0. The lowest BCUT2D eigenvalue weighted by molar-refractivity contribution is 0.102. The fourth-order valence-corrected chi connectivity index (χ4v) is 2.14. The van der Waals surface area contributed by atoms with Crippen molar-refractivity contribution >= 4 is 34.5 Å². The molecule has 2 amide bonds. The second-order valence-corrected chi connectivity index (χ2v) is 4.82. The lowest BCUT2D eigenvalue weighted by atomic mass is 10.1. The van der Waals surface area contributed by atoms with E-state index in [9.17, 15) is 9.59 Å². The number of hydrogen-bond acceptors (Lipinski definition) is 5. The van der Waals surface area contributed by atoms with Crippen LogP contribution in [0.5, 0.6) is 0 Å². The number of amides is 2. The number of rotatable bonds is 3. The Bertz CT molecular complexity index is 987. The van der Waals surface area contributed by atoms with Gasteiger partial charge in [-0.05, 0) is 36.4 Å². The van der Waals surface area contributed by atoms with E-state index in [4.69, 9.17) is 14.9 Å². The highest BCUT2D eigenvalue weighted by Crippen LogP contribution is 2.26. The number of carboxylic acid groups (broad SMARTS) is 1. The molecule has 0 saturated heterocycles. The summed E-state index contributed by atoms with van der Waals surface area (Å²) in [4.78, 5) is 23.0. The summed E-state index contributed by atoms with van der Waals surface area (Å²) in [5.74, 6) is -0.301. The highest BCUT2D eigenvalue weighted by molar-refractivity contribution is 6.08. The highest BCUT2D eigenvalue weighted by Gasteiger charge is 2.14. The Kier molecular flexibility index (Phi) is 3.82. The molecule has 0 saturated carbocycles. The van der Waals surface area contributed by atoms with E-state index >= 15 is 0 Å². The van der Waals surface area contributed by atoms with Crippen LogP contribution in [0.15, 0.2) is 47.0 Å². The summed E-state index contributed by atoms with van der Waals surface area (Å²) in [7, 11) is 0. The Morgan fingerprint density at radius 3 is 2.75 bits per heavy atom. The maximum absolute atomic E-state index is 12.3. The van der Waals surface area contributed by atoms with Gasteiger partial charge < -0.3 is 14.9 Å². The summed E-state index contributed by atoms with van der Waals surface area (Å²) in [6.07, 6.45) is -1.20. The fraction of sp³-hybridized carbons (Fsp3) is 0. The summed E-state index contributed by atoms with van der Waals surface area (Å²) < 4.78 is 5.10. The van der Waals surface area contributed by atoms with Crippen LogP contribution in [0.3, 0.4) is 0 Å². The molecule has 3 N–H and O–H groups in total. The summed E-state index contributed by atoms with van der Waals surface area (Å²) in [5.41, 5.74) is 1.37. The number of carbonyl (C=O) groups is 2. The van der Waals surface area contributed by atoms with E-state index in [1.54, 1.807) is 24.3 Å². The molecule has 8 nitrogen and oxygen atoms in total. The molecule has 118 valence electrons. The van der Waals surface area contributed by atoms with Crippen LogP contribution >= 0.6 is 0 Å². The van der Waals surface area contributed by atoms with Gasteiger partial charge in [0.2, 0.25) is 0 Å². The molecule has 0 unspecified atom stereocenters. The van der Waals surface area contributed by atoms with Crippen molar-refractivity contribution in [3.05, 3.63) is 53.6 Å². The zero-order valence-corrected chi connectivity index (χ0v) is 12.1. The van der Waals surface area contributed by atoms with Crippen molar-refractivity contribution in [1.29, 1.82) is 5.26 Å². The van der Waals surface area contributed by atoms with Crippen LogP contribution in [0.4, 0.5) is 16.3 Å². The van der Waals surface area contributed by atoms with Gasteiger partial charge in [0.25, 0.3) is 5.91 Å². The lowest BCUT2D eigenvalue weighted by Gasteiger charge is -2.03. The topological polar surface area (TPSA) is 128 Å². The minimum absolute atomic E-state index is 0.159. The molecule has 1 aromatic heterocycles. The first-order valence-electron chi connectivity index (χ1n) is 6.78. The Labute approximate surface area is 135 Å². The van der Waals surface area contributed by atoms with Crippen LogP contribution in [0.1, 0.15) is 15.9 Å². The van der Waals surface area contributed by atoms with Gasteiger partial charge in [-0.25, -0.2) is 4.79 Å². The van der Waals surface area contributed by atoms with E-state index < -0.39 is 12.0 Å². The monoisotopic (exact) mass is 322 g/mol. The summed E-state index contributed by atoms with van der Waals surface area (Å²) in [5, 5.41) is 26.7. The van der Waals surface area contributed by atoms with E-state index in [0.29, 0.717) is 27.8 Å². The van der Waals surface area contributed by atoms with Crippen LogP contribution in [-0.4, -0.2) is 22.3 Å². The van der Waals surface area contributed by atoms with Gasteiger partial charge in [0, 0.05) is 11.3 Å². The molecular formula is C16H10N4O4. The SMILES string of the molecule is N#Cc1cccc(C(=O)Nc2noc3ccc(NC(=O)O)cc23)c1. The first-order chi connectivity index (χ1) is 11.6. The Balaban J connectivity index is 1.90. The van der Waals surface area contributed by atoms with Gasteiger partial charge in [0.05, 0.1) is 17.0 Å². The first-order valence-corrected chi connectivity index (χ1v) is 6.78. The average molecular weight is 322 g/mol. The van der Waals surface area contributed by atoms with Crippen molar-refractivity contribution in [2.45, 2.75) is 0 Å². The van der Waals surface area contributed by atoms with Gasteiger partial charge in [-0.3, -0.25) is 10.1 Å². The molecule has 1 heterocycles. The molecule has 0 aliphatic carbocycles. The van der Waals surface area contributed by atoms with Crippen LogP contribution in [0.25, 0.3) is 11.0 Å². The first kappa shape index (κ1) is 15.1. The number of nitrogens with zero attached hydrogens (tertiary/aromatic N) is 2. The number of anilines is 2. The van der Waals surface area contributed by atoms with Crippen molar-refractivity contribution in [1.82, 2.24) is 5.16 Å². The smallest absolute Gasteiger partial charge is 0.409 e. The van der Waals surface area contributed by atoms with Crippen molar-refractivity contribution in [2.75, 3.05) is 10.6 Å². The molecule has 0 atom stereocenters. The molecule has 0 radical (unpaired) electrons.